The van der Waals surface area contributed by atoms with Gasteiger partial charge in [-0.1, -0.05) is 0 Å². The van der Waals surface area contributed by atoms with Crippen LogP contribution < -0.4 is 4.74 Å². The molecule has 0 spiro atoms. The Bertz CT molecular complexity index is 631. The number of carboxylic acid groups (broad SMARTS) is 1. The molecule has 7 heteroatoms. The predicted molar refractivity (Wildman–Crippen MR) is 69.8 cm³/mol. The Morgan fingerprint density at radius 1 is 1.47 bits per heavy atom. The minimum atomic E-state index is -1.13. The second-order valence-electron chi connectivity index (χ2n) is 3.82. The zero-order valence-corrected chi connectivity index (χ0v) is 11.7. The molecular formula is C12H10BrFN2O3. The van der Waals surface area contributed by atoms with Gasteiger partial charge in [0, 0.05) is 12.6 Å². The summed E-state index contributed by atoms with van der Waals surface area (Å²) in [5, 5.41) is 12.7. The second kappa shape index (κ2) is 5.00. The fourth-order valence-electron chi connectivity index (χ4n) is 1.74. The Labute approximate surface area is 116 Å². The molecule has 0 unspecified atom stereocenters. The molecule has 1 heterocycles. The molecule has 0 atom stereocenters. The summed E-state index contributed by atoms with van der Waals surface area (Å²) >= 11 is 3.20. The number of carboxylic acids is 1. The van der Waals surface area contributed by atoms with E-state index in [4.69, 9.17) is 9.84 Å². The molecule has 1 N–H and O–H groups in total. The fraction of sp³-hybridized carbons (Fsp3) is 0.167. The maximum absolute atomic E-state index is 13.8. The second-order valence-corrected chi connectivity index (χ2v) is 4.67. The van der Waals surface area contributed by atoms with Gasteiger partial charge in [0.2, 0.25) is 0 Å². The number of ether oxygens (including phenoxy) is 1. The molecule has 1 aromatic heterocycles. The van der Waals surface area contributed by atoms with Crippen LogP contribution in [0.25, 0.3) is 11.3 Å². The van der Waals surface area contributed by atoms with Crippen LogP contribution in [0.4, 0.5) is 4.39 Å². The van der Waals surface area contributed by atoms with Gasteiger partial charge >= 0.3 is 5.97 Å². The molecule has 0 aliphatic carbocycles. The molecule has 5 nitrogen and oxygen atoms in total. The minimum absolute atomic E-state index is 0.0927. The third-order valence-corrected chi connectivity index (χ3v) is 3.19. The highest BCUT2D eigenvalue weighted by atomic mass is 79.9. The number of aryl methyl sites for hydroxylation is 1. The highest BCUT2D eigenvalue weighted by Crippen LogP contribution is 2.33. The van der Waals surface area contributed by atoms with Crippen LogP contribution in [0.5, 0.6) is 5.75 Å². The maximum Gasteiger partial charge on any atom is 0.356 e. The Morgan fingerprint density at radius 2 is 2.16 bits per heavy atom. The molecular weight excluding hydrogens is 319 g/mol. The lowest BCUT2D eigenvalue weighted by Crippen LogP contribution is -1.99. The molecule has 0 aliphatic heterocycles. The number of carbonyl (C=O) groups is 1. The average molecular weight is 329 g/mol. The van der Waals surface area contributed by atoms with E-state index in [1.165, 1.54) is 23.9 Å². The number of halogens is 2. The molecule has 0 saturated heterocycles. The molecule has 19 heavy (non-hydrogen) atoms. The first-order chi connectivity index (χ1) is 8.93. The van der Waals surface area contributed by atoms with Crippen molar-refractivity contribution in [1.29, 1.82) is 0 Å². The lowest BCUT2D eigenvalue weighted by Gasteiger charge is -2.08. The highest BCUT2D eigenvalue weighted by molar-refractivity contribution is 9.10. The number of aromatic nitrogens is 2. The van der Waals surface area contributed by atoms with E-state index in [0.717, 1.165) is 0 Å². The maximum atomic E-state index is 13.8. The Balaban J connectivity index is 2.56. The van der Waals surface area contributed by atoms with Crippen LogP contribution >= 0.6 is 15.9 Å². The lowest BCUT2D eigenvalue weighted by atomic mass is 10.1. The topological polar surface area (TPSA) is 64.3 Å². The van der Waals surface area contributed by atoms with Crippen LogP contribution in [0.3, 0.4) is 0 Å². The van der Waals surface area contributed by atoms with Gasteiger partial charge in [0.1, 0.15) is 0 Å². The van der Waals surface area contributed by atoms with Crippen molar-refractivity contribution < 1.29 is 19.0 Å². The largest absolute Gasteiger partial charge is 0.492 e. The van der Waals surface area contributed by atoms with Crippen molar-refractivity contribution in [1.82, 2.24) is 9.78 Å². The normalized spacial score (nSPS) is 10.5. The summed E-state index contributed by atoms with van der Waals surface area (Å²) in [6, 6.07) is 4.30. The molecule has 0 amide bonds. The summed E-state index contributed by atoms with van der Waals surface area (Å²) in [6.45, 7) is 0. The van der Waals surface area contributed by atoms with E-state index in [1.54, 1.807) is 13.1 Å². The number of hydrogen-bond acceptors (Lipinski definition) is 3. The number of methoxy groups -OCH3 is 1. The van der Waals surface area contributed by atoms with Crippen molar-refractivity contribution in [3.63, 3.8) is 0 Å². The van der Waals surface area contributed by atoms with E-state index in [9.17, 15) is 9.18 Å². The van der Waals surface area contributed by atoms with Gasteiger partial charge in [-0.15, -0.1) is 0 Å². The molecule has 0 bridgehead atoms. The first kappa shape index (κ1) is 13.5. The summed E-state index contributed by atoms with van der Waals surface area (Å²) in [7, 11) is 2.97. The van der Waals surface area contributed by atoms with Crippen molar-refractivity contribution >= 4 is 21.9 Å². The molecule has 0 saturated carbocycles. The van der Waals surface area contributed by atoms with Gasteiger partial charge in [-0.2, -0.15) is 5.10 Å². The Morgan fingerprint density at radius 3 is 2.63 bits per heavy atom. The number of hydrogen-bond donors (Lipinski definition) is 1. The van der Waals surface area contributed by atoms with Gasteiger partial charge in [-0.25, -0.2) is 9.18 Å². The van der Waals surface area contributed by atoms with Crippen molar-refractivity contribution in [3.8, 4) is 17.0 Å². The Kier molecular flexibility index (Phi) is 3.57. The molecule has 2 rings (SSSR count). The number of rotatable bonds is 3. The van der Waals surface area contributed by atoms with Crippen LogP contribution in [0.1, 0.15) is 10.5 Å². The molecule has 100 valence electrons. The van der Waals surface area contributed by atoms with Gasteiger partial charge in [-0.05, 0) is 34.1 Å². The van der Waals surface area contributed by atoms with Gasteiger partial charge in [0.05, 0.1) is 17.3 Å². The molecule has 2 aromatic rings. The minimum Gasteiger partial charge on any atom is -0.492 e. The van der Waals surface area contributed by atoms with Crippen LogP contribution in [-0.2, 0) is 7.05 Å². The van der Waals surface area contributed by atoms with Crippen LogP contribution in [0.15, 0.2) is 22.7 Å². The average Bonchev–Trinajstić information content (AvgIpc) is 2.71. The van der Waals surface area contributed by atoms with Crippen molar-refractivity contribution in [2.24, 2.45) is 7.05 Å². The summed E-state index contributed by atoms with van der Waals surface area (Å²) in [5.74, 6) is -1.57. The summed E-state index contributed by atoms with van der Waals surface area (Å²) in [5.41, 5.74) is 0.914. The zero-order valence-electron chi connectivity index (χ0n) is 10.1. The molecule has 0 aliphatic rings. The summed E-state index contributed by atoms with van der Waals surface area (Å²) < 4.78 is 20.5. The van der Waals surface area contributed by atoms with Gasteiger partial charge in [-0.3, -0.25) is 4.68 Å². The smallest absolute Gasteiger partial charge is 0.356 e. The van der Waals surface area contributed by atoms with E-state index in [-0.39, 0.29) is 11.4 Å². The summed E-state index contributed by atoms with van der Waals surface area (Å²) in [6.07, 6.45) is 0. The SMILES string of the molecule is COc1c(F)cc(-c2cc(C(=O)O)nn2C)cc1Br. The standard InChI is InChI=1S/C12H10BrFN2O3/c1-16-10(5-9(15-16)12(17)18)6-3-7(13)11(19-2)8(14)4-6/h3-5H,1-2H3,(H,17,18). The highest BCUT2D eigenvalue weighted by Gasteiger charge is 2.16. The van der Waals surface area contributed by atoms with Gasteiger partial charge in [0.25, 0.3) is 0 Å². The quantitative estimate of drug-likeness (QED) is 0.940. The van der Waals surface area contributed by atoms with Crippen LogP contribution in [-0.4, -0.2) is 28.0 Å². The number of nitrogens with zero attached hydrogens (tertiary/aromatic N) is 2. The number of benzene rings is 1. The zero-order chi connectivity index (χ0) is 14.2. The van der Waals surface area contributed by atoms with E-state index in [1.807, 2.05) is 0 Å². The van der Waals surface area contributed by atoms with E-state index >= 15 is 0 Å². The first-order valence-corrected chi connectivity index (χ1v) is 6.04. The molecule has 0 radical (unpaired) electrons. The third-order valence-electron chi connectivity index (χ3n) is 2.60. The van der Waals surface area contributed by atoms with E-state index in [2.05, 4.69) is 21.0 Å². The molecule has 1 aromatic carbocycles. The van der Waals surface area contributed by atoms with Crippen molar-refractivity contribution in [2.75, 3.05) is 7.11 Å². The van der Waals surface area contributed by atoms with Gasteiger partial charge in [0.15, 0.2) is 17.3 Å². The first-order valence-electron chi connectivity index (χ1n) is 5.24. The Hall–Kier alpha value is -1.89. The predicted octanol–water partition coefficient (Wildman–Crippen LogP) is 2.70. The monoisotopic (exact) mass is 328 g/mol. The third kappa shape index (κ3) is 2.46. The summed E-state index contributed by atoms with van der Waals surface area (Å²) in [4.78, 5) is 10.9. The van der Waals surface area contributed by atoms with Crippen LogP contribution in [0.2, 0.25) is 0 Å². The molecule has 0 fully saturated rings. The number of aromatic carboxylic acids is 1. The van der Waals surface area contributed by atoms with E-state index < -0.39 is 11.8 Å². The van der Waals surface area contributed by atoms with Crippen molar-refractivity contribution in [2.45, 2.75) is 0 Å². The van der Waals surface area contributed by atoms with Crippen LogP contribution in [0, 0.1) is 5.82 Å². The fourth-order valence-corrected chi connectivity index (χ4v) is 2.34. The lowest BCUT2D eigenvalue weighted by molar-refractivity contribution is 0.0689. The van der Waals surface area contributed by atoms with E-state index in [0.29, 0.717) is 15.7 Å². The van der Waals surface area contributed by atoms with Crippen molar-refractivity contribution in [3.05, 3.63) is 34.2 Å². The van der Waals surface area contributed by atoms with Gasteiger partial charge < -0.3 is 9.84 Å².